The first-order chi connectivity index (χ1) is 39.7. The molecule has 8 bridgehead atoms. The van der Waals surface area contributed by atoms with Crippen LogP contribution in [-0.2, 0) is 42.6 Å². The van der Waals surface area contributed by atoms with Crippen LogP contribution in [0.15, 0.2) is 77.9 Å². The van der Waals surface area contributed by atoms with Gasteiger partial charge in [-0.2, -0.15) is 0 Å². The maximum atomic E-state index is 8.40. The summed E-state index contributed by atoms with van der Waals surface area (Å²) in [5, 5.41) is 6.40. The Morgan fingerprint density at radius 1 is 0.451 bits per heavy atom. The van der Waals surface area contributed by atoms with Gasteiger partial charge in [-0.05, 0) is 120 Å². The number of hydrogen-bond acceptors (Lipinski definition) is 20. The van der Waals surface area contributed by atoms with E-state index < -0.39 is 17.4 Å². The average Bonchev–Trinajstić information content (AvgIpc) is 4.54. The lowest BCUT2D eigenvalue weighted by Crippen LogP contribution is -2.25. The summed E-state index contributed by atoms with van der Waals surface area (Å²) in [6.07, 6.45) is -0.757. The van der Waals surface area contributed by atoms with Crippen molar-refractivity contribution in [1.82, 2.24) is 39.9 Å². The minimum Gasteiger partial charge on any atom is -0.491 e. The molecule has 3 atom stereocenters. The molecule has 24 nitrogen and oxygen atoms in total. The maximum absolute atomic E-state index is 8.40. The summed E-state index contributed by atoms with van der Waals surface area (Å²) in [5.41, 5.74) is 13.2. The van der Waals surface area contributed by atoms with Crippen molar-refractivity contribution in [1.29, 1.82) is 0 Å². The van der Waals surface area contributed by atoms with E-state index in [9.17, 15) is 0 Å². The number of ether oxygens (including phenoxy) is 13. The Morgan fingerprint density at radius 2 is 0.817 bits per heavy atom. The van der Waals surface area contributed by atoms with Crippen molar-refractivity contribution in [3.05, 3.63) is 83.2 Å². The van der Waals surface area contributed by atoms with E-state index in [1.807, 2.05) is 114 Å². The lowest BCUT2D eigenvalue weighted by atomic mass is 10.1. The fourth-order valence-corrected chi connectivity index (χ4v) is 10.1. The van der Waals surface area contributed by atoms with Gasteiger partial charge in [0.1, 0.15) is 90.3 Å². The first kappa shape index (κ1) is 55.0. The van der Waals surface area contributed by atoms with Crippen LogP contribution in [0.2, 0.25) is 0 Å². The third kappa shape index (κ3) is 12.6. The van der Waals surface area contributed by atoms with Crippen LogP contribution >= 0.6 is 0 Å². The van der Waals surface area contributed by atoms with Gasteiger partial charge in [-0.3, -0.25) is 0 Å². The van der Waals surface area contributed by atoms with Gasteiger partial charge in [0, 0.05) is 55.3 Å². The quantitative estimate of drug-likeness (QED) is 0.0277. The molecule has 0 aliphatic carbocycles. The molecule has 3 saturated heterocycles. The molecule has 24 heteroatoms. The van der Waals surface area contributed by atoms with Crippen LogP contribution in [0.3, 0.4) is 0 Å². The number of benzene rings is 4. The smallest absolute Gasteiger partial charge is 0.164 e. The summed E-state index contributed by atoms with van der Waals surface area (Å²) in [6.45, 7) is 16.1. The Balaban J connectivity index is 0.938. The van der Waals surface area contributed by atoms with Gasteiger partial charge in [0.2, 0.25) is 0 Å². The number of nitrogens with zero attached hydrogens (tertiary/aromatic N) is 9. The minimum atomic E-state index is -0.698. The summed E-state index contributed by atoms with van der Waals surface area (Å²) >= 11 is 0. The maximum Gasteiger partial charge on any atom is 0.164 e. The summed E-state index contributed by atoms with van der Waals surface area (Å²) in [4.78, 5) is 41.1. The zero-order valence-electron chi connectivity index (χ0n) is 46.4. The lowest BCUT2D eigenvalue weighted by molar-refractivity contribution is -0.141. The highest BCUT2D eigenvalue weighted by Crippen LogP contribution is 2.41. The molecule has 0 radical (unpaired) electrons. The standard InChI is InChI=1S/C58H63N11O13/c1-56(2)77-30-37(80-56)27-74-34-8-12-41-45(24-34)54-64-49(41)62-52-44-23-33(73-22-21-72-20-19-71-18-17-70-16-15-60-69-59)7-11-40(44)48(61-52)63-53-46-25-35(75-28-38-31-78-57(3,4)81-38)9-13-42(46)50(65-53)67-55-47-26-36(10-14-43(47)51(66-54)68-55)76-29-39-32-79-58(5,6)82-39/h7-14,23-26,37-39H,15-22,27-32H2,1-6H3,(H2,61,62,63,64,65,66,67,68). The average molecular weight is 1120 g/mol. The van der Waals surface area contributed by atoms with Crippen LogP contribution in [-0.4, -0.2) is 168 Å². The molecule has 2 N–H and O–H groups in total. The molecule has 5 aliphatic rings. The number of azide groups is 1. The van der Waals surface area contributed by atoms with Crippen molar-refractivity contribution in [2.75, 3.05) is 92.4 Å². The topological polar surface area (TPSA) is 278 Å². The van der Waals surface area contributed by atoms with E-state index in [1.54, 1.807) is 0 Å². The van der Waals surface area contributed by atoms with Crippen molar-refractivity contribution in [3.8, 4) is 68.5 Å². The third-order valence-corrected chi connectivity index (χ3v) is 13.9. The Kier molecular flexibility index (Phi) is 15.6. The molecule has 3 unspecified atom stereocenters. The number of nitrogens with one attached hydrogen (secondary N) is 2. The molecule has 0 amide bonds. The molecular formula is C58H63N11O13. The van der Waals surface area contributed by atoms with E-state index in [-0.39, 0.29) is 51.3 Å². The number of hydrogen-bond donors (Lipinski definition) is 2. The monoisotopic (exact) mass is 1120 g/mol. The second-order valence-corrected chi connectivity index (χ2v) is 21.4. The van der Waals surface area contributed by atoms with Crippen LogP contribution in [0.4, 0.5) is 0 Å². The van der Waals surface area contributed by atoms with Crippen LogP contribution in [0.1, 0.15) is 41.5 Å². The van der Waals surface area contributed by atoms with Crippen molar-refractivity contribution >= 4 is 44.1 Å². The van der Waals surface area contributed by atoms with Crippen LogP contribution < -0.4 is 18.9 Å². The van der Waals surface area contributed by atoms with Crippen molar-refractivity contribution in [3.63, 3.8) is 0 Å². The molecule has 4 aromatic carbocycles. The molecule has 0 spiro atoms. The van der Waals surface area contributed by atoms with Crippen LogP contribution in [0.5, 0.6) is 23.0 Å². The van der Waals surface area contributed by atoms with Gasteiger partial charge in [0.05, 0.1) is 59.5 Å². The number of aromatic nitrogens is 8. The van der Waals surface area contributed by atoms with E-state index in [1.165, 1.54) is 0 Å². The van der Waals surface area contributed by atoms with Crippen molar-refractivity contribution in [2.45, 2.75) is 77.2 Å². The fraction of sp³-hybridized carbons (Fsp3) is 0.448. The summed E-state index contributed by atoms with van der Waals surface area (Å²) in [7, 11) is 0. The Morgan fingerprint density at radius 3 is 1.23 bits per heavy atom. The molecule has 0 saturated carbocycles. The molecule has 7 aromatic rings. The van der Waals surface area contributed by atoms with Gasteiger partial charge in [-0.25, -0.2) is 29.9 Å². The zero-order valence-corrected chi connectivity index (χ0v) is 46.4. The third-order valence-electron chi connectivity index (χ3n) is 13.9. The molecule has 3 aromatic heterocycles. The van der Waals surface area contributed by atoms with Gasteiger partial charge < -0.3 is 71.5 Å². The van der Waals surface area contributed by atoms with E-state index >= 15 is 0 Å². The van der Waals surface area contributed by atoms with Gasteiger partial charge in [-0.1, -0.05) is 5.11 Å². The van der Waals surface area contributed by atoms with Crippen molar-refractivity contribution < 1.29 is 61.6 Å². The Bertz CT molecular complexity index is 3700. The molecule has 82 heavy (non-hydrogen) atoms. The SMILES string of the molecule is CC1(C)OCC(COc2ccc3c(c2)-c2nc-3nc3[nH]c(nc4nc(nc5[nH]c(n2)c2ccc(OCC6COC(C)(C)O6)cc52)-c2ccc(OCCOCCOCCOCCN=[N+]=[N-])cc2-4)c2ccc(OCC4COC(C)(C)O4)cc32)O1. The zero-order chi connectivity index (χ0) is 56.4. The molecule has 428 valence electrons. The van der Waals surface area contributed by atoms with Gasteiger partial charge in [0.15, 0.2) is 40.7 Å². The number of aromatic amines is 2. The Labute approximate surface area is 470 Å². The first-order valence-electron chi connectivity index (χ1n) is 27.3. The highest BCUT2D eigenvalue weighted by atomic mass is 16.8. The molecule has 12 rings (SSSR count). The van der Waals surface area contributed by atoms with Gasteiger partial charge >= 0.3 is 0 Å². The van der Waals surface area contributed by atoms with Crippen LogP contribution in [0, 0.1) is 0 Å². The predicted molar refractivity (Wildman–Crippen MR) is 299 cm³/mol. The normalized spacial score (nSPS) is 19.3. The Hall–Kier alpha value is -7.61. The minimum absolute atomic E-state index is 0.251. The molecular weight excluding hydrogens is 1060 g/mol. The van der Waals surface area contributed by atoms with Gasteiger partial charge in [-0.15, -0.1) is 0 Å². The number of fused-ring (bicyclic) bond motifs is 20. The largest absolute Gasteiger partial charge is 0.491 e. The lowest BCUT2D eigenvalue weighted by Gasteiger charge is -2.17. The van der Waals surface area contributed by atoms with E-state index in [4.69, 9.17) is 97.0 Å². The van der Waals surface area contributed by atoms with E-state index in [0.29, 0.717) is 139 Å². The summed E-state index contributed by atoms with van der Waals surface area (Å²) < 4.78 is 77.7. The molecule has 5 aliphatic heterocycles. The second kappa shape index (κ2) is 23.3. The van der Waals surface area contributed by atoms with E-state index in [0.717, 1.165) is 32.7 Å². The number of rotatable bonds is 22. The highest BCUT2D eigenvalue weighted by Gasteiger charge is 2.35. The van der Waals surface area contributed by atoms with Gasteiger partial charge in [0.25, 0.3) is 0 Å². The highest BCUT2D eigenvalue weighted by molar-refractivity contribution is 6.07. The first-order valence-corrected chi connectivity index (χ1v) is 27.3. The van der Waals surface area contributed by atoms with E-state index in [2.05, 4.69) is 20.0 Å². The molecule has 8 heterocycles. The fourth-order valence-electron chi connectivity index (χ4n) is 10.1. The predicted octanol–water partition coefficient (Wildman–Crippen LogP) is 9.20. The summed E-state index contributed by atoms with van der Waals surface area (Å²) in [5.74, 6) is 1.85. The van der Waals surface area contributed by atoms with Crippen molar-refractivity contribution in [2.24, 2.45) is 5.11 Å². The summed E-state index contributed by atoms with van der Waals surface area (Å²) in [6, 6.07) is 23.0. The number of H-pyrrole nitrogens is 2. The second-order valence-electron chi connectivity index (χ2n) is 21.4. The molecule has 3 fully saturated rings. The van der Waals surface area contributed by atoms with Crippen LogP contribution in [0.25, 0.3) is 100 Å².